The van der Waals surface area contributed by atoms with Crippen LogP contribution in [0.4, 0.5) is 5.69 Å². The summed E-state index contributed by atoms with van der Waals surface area (Å²) in [6.07, 6.45) is 0. The average Bonchev–Trinajstić information content (AvgIpc) is 2.60. The molecule has 0 unspecified atom stereocenters. The van der Waals surface area contributed by atoms with Gasteiger partial charge in [-0.05, 0) is 42.0 Å². The molecule has 2 N–H and O–H groups in total. The molecule has 0 spiro atoms. The van der Waals surface area contributed by atoms with E-state index in [0.717, 1.165) is 5.56 Å². The zero-order chi connectivity index (χ0) is 17.5. The first-order valence-electron chi connectivity index (χ1n) is 7.46. The second-order valence-corrected chi connectivity index (χ2v) is 5.30. The minimum Gasteiger partial charge on any atom is -0.493 e. The molecule has 0 aromatic heterocycles. The topological polar surface area (TPSA) is 74.0 Å². The van der Waals surface area contributed by atoms with Gasteiger partial charge in [0.05, 0.1) is 14.2 Å². The highest BCUT2D eigenvalue weighted by molar-refractivity contribution is 5.77. The van der Waals surface area contributed by atoms with Crippen LogP contribution in [0.25, 0.3) is 0 Å². The zero-order valence-electron chi connectivity index (χ0n) is 14.1. The van der Waals surface area contributed by atoms with Crippen LogP contribution in [0.3, 0.4) is 0 Å². The number of amides is 1. The van der Waals surface area contributed by atoms with Crippen molar-refractivity contribution in [2.75, 3.05) is 33.6 Å². The molecule has 2 aromatic carbocycles. The number of nitrogen functional groups attached to an aromatic ring is 1. The highest BCUT2D eigenvalue weighted by Crippen LogP contribution is 2.27. The SMILES string of the molecule is COc1ccc(CN(C)C(=O)COc2ccc(N)cc2)cc1OC. The Hall–Kier alpha value is -2.89. The van der Waals surface area contributed by atoms with Crippen LogP contribution in [-0.4, -0.2) is 38.7 Å². The number of ether oxygens (including phenoxy) is 3. The smallest absolute Gasteiger partial charge is 0.260 e. The minimum atomic E-state index is -0.124. The highest BCUT2D eigenvalue weighted by Gasteiger charge is 2.12. The zero-order valence-corrected chi connectivity index (χ0v) is 14.1. The molecule has 0 heterocycles. The molecule has 0 aliphatic rings. The molecule has 0 bridgehead atoms. The predicted octanol–water partition coefficient (Wildman–Crippen LogP) is 2.32. The molecule has 0 saturated carbocycles. The van der Waals surface area contributed by atoms with Gasteiger partial charge in [0.2, 0.25) is 0 Å². The number of nitrogens with zero attached hydrogens (tertiary/aromatic N) is 1. The lowest BCUT2D eigenvalue weighted by Crippen LogP contribution is -2.30. The van der Waals surface area contributed by atoms with Crippen molar-refractivity contribution in [1.82, 2.24) is 4.90 Å². The van der Waals surface area contributed by atoms with Crippen LogP contribution in [0.15, 0.2) is 42.5 Å². The molecule has 0 aliphatic carbocycles. The van der Waals surface area contributed by atoms with E-state index in [1.807, 2.05) is 18.2 Å². The molecule has 2 rings (SSSR count). The number of benzene rings is 2. The van der Waals surface area contributed by atoms with E-state index >= 15 is 0 Å². The van der Waals surface area contributed by atoms with E-state index in [4.69, 9.17) is 19.9 Å². The highest BCUT2D eigenvalue weighted by atomic mass is 16.5. The summed E-state index contributed by atoms with van der Waals surface area (Å²) < 4.78 is 15.9. The molecule has 1 amide bonds. The second kappa shape index (κ2) is 8.10. The van der Waals surface area contributed by atoms with Crippen molar-refractivity contribution in [1.29, 1.82) is 0 Å². The van der Waals surface area contributed by atoms with Crippen molar-refractivity contribution >= 4 is 11.6 Å². The van der Waals surface area contributed by atoms with Crippen LogP contribution in [0.1, 0.15) is 5.56 Å². The lowest BCUT2D eigenvalue weighted by molar-refractivity contribution is -0.132. The van der Waals surface area contributed by atoms with Crippen LogP contribution < -0.4 is 19.9 Å². The van der Waals surface area contributed by atoms with Gasteiger partial charge in [-0.25, -0.2) is 0 Å². The van der Waals surface area contributed by atoms with Crippen molar-refractivity contribution in [2.45, 2.75) is 6.54 Å². The van der Waals surface area contributed by atoms with Gasteiger partial charge in [0.15, 0.2) is 18.1 Å². The van der Waals surface area contributed by atoms with E-state index < -0.39 is 0 Å². The molecular weight excluding hydrogens is 308 g/mol. The second-order valence-electron chi connectivity index (χ2n) is 5.30. The van der Waals surface area contributed by atoms with E-state index in [9.17, 15) is 4.79 Å². The molecule has 24 heavy (non-hydrogen) atoms. The fourth-order valence-corrected chi connectivity index (χ4v) is 2.16. The summed E-state index contributed by atoms with van der Waals surface area (Å²) >= 11 is 0. The first kappa shape index (κ1) is 17.5. The van der Waals surface area contributed by atoms with Gasteiger partial charge in [0.25, 0.3) is 5.91 Å². The Bertz CT molecular complexity index is 686. The largest absolute Gasteiger partial charge is 0.493 e. The van der Waals surface area contributed by atoms with E-state index in [0.29, 0.717) is 29.5 Å². The molecule has 128 valence electrons. The third kappa shape index (κ3) is 4.55. The normalized spacial score (nSPS) is 10.1. The number of hydrogen-bond acceptors (Lipinski definition) is 5. The van der Waals surface area contributed by atoms with Gasteiger partial charge in [-0.3, -0.25) is 4.79 Å². The maximum atomic E-state index is 12.2. The van der Waals surface area contributed by atoms with E-state index in [2.05, 4.69) is 0 Å². The third-order valence-electron chi connectivity index (χ3n) is 3.54. The Morgan fingerprint density at radius 3 is 2.33 bits per heavy atom. The molecule has 2 aromatic rings. The number of rotatable bonds is 7. The molecule has 6 heteroatoms. The van der Waals surface area contributed by atoms with Crippen LogP contribution in [0.2, 0.25) is 0 Å². The summed E-state index contributed by atoms with van der Waals surface area (Å²) in [5, 5.41) is 0. The summed E-state index contributed by atoms with van der Waals surface area (Å²) in [6, 6.07) is 12.5. The molecule has 0 radical (unpaired) electrons. The van der Waals surface area contributed by atoms with E-state index in [1.54, 1.807) is 50.4 Å². The number of hydrogen-bond donors (Lipinski definition) is 1. The Kier molecular flexibility index (Phi) is 5.89. The van der Waals surface area contributed by atoms with Crippen LogP contribution >= 0.6 is 0 Å². The quantitative estimate of drug-likeness (QED) is 0.789. The molecule has 0 saturated heterocycles. The molecule has 6 nitrogen and oxygen atoms in total. The van der Waals surface area contributed by atoms with Crippen molar-refractivity contribution < 1.29 is 19.0 Å². The van der Waals surface area contributed by atoms with Crippen LogP contribution in [0.5, 0.6) is 17.2 Å². The number of methoxy groups -OCH3 is 2. The van der Waals surface area contributed by atoms with Crippen LogP contribution in [0, 0.1) is 0 Å². The summed E-state index contributed by atoms with van der Waals surface area (Å²) in [6.45, 7) is 0.415. The van der Waals surface area contributed by atoms with Crippen molar-refractivity contribution in [3.8, 4) is 17.2 Å². The third-order valence-corrected chi connectivity index (χ3v) is 3.54. The number of carbonyl (C=O) groups is 1. The van der Waals surface area contributed by atoms with Gasteiger partial charge in [0.1, 0.15) is 5.75 Å². The number of carbonyl (C=O) groups excluding carboxylic acids is 1. The monoisotopic (exact) mass is 330 g/mol. The van der Waals surface area contributed by atoms with Gasteiger partial charge < -0.3 is 24.8 Å². The lowest BCUT2D eigenvalue weighted by Gasteiger charge is -2.18. The van der Waals surface area contributed by atoms with Gasteiger partial charge in [-0.1, -0.05) is 6.07 Å². The van der Waals surface area contributed by atoms with Crippen LogP contribution in [-0.2, 0) is 11.3 Å². The Labute approximate surface area is 141 Å². The van der Waals surface area contributed by atoms with Gasteiger partial charge in [-0.2, -0.15) is 0 Å². The maximum Gasteiger partial charge on any atom is 0.260 e. The van der Waals surface area contributed by atoms with Gasteiger partial charge in [0, 0.05) is 19.3 Å². The molecule has 0 fully saturated rings. The Balaban J connectivity index is 1.92. The lowest BCUT2D eigenvalue weighted by atomic mass is 10.2. The van der Waals surface area contributed by atoms with E-state index in [1.165, 1.54) is 0 Å². The summed E-state index contributed by atoms with van der Waals surface area (Å²) in [5.41, 5.74) is 7.20. The molecule has 0 atom stereocenters. The van der Waals surface area contributed by atoms with Gasteiger partial charge >= 0.3 is 0 Å². The minimum absolute atomic E-state index is 0.0340. The standard InChI is InChI=1S/C18H22N2O4/c1-20(11-13-4-9-16(22-2)17(10-13)23-3)18(21)12-24-15-7-5-14(19)6-8-15/h4-10H,11-12,19H2,1-3H3. The van der Waals surface area contributed by atoms with Crippen molar-refractivity contribution in [3.63, 3.8) is 0 Å². The predicted molar refractivity (Wildman–Crippen MR) is 92.4 cm³/mol. The first-order chi connectivity index (χ1) is 11.5. The van der Waals surface area contributed by atoms with Gasteiger partial charge in [-0.15, -0.1) is 0 Å². The van der Waals surface area contributed by atoms with Crippen molar-refractivity contribution in [2.24, 2.45) is 0 Å². The summed E-state index contributed by atoms with van der Waals surface area (Å²) in [7, 11) is 4.89. The van der Waals surface area contributed by atoms with E-state index in [-0.39, 0.29) is 12.5 Å². The first-order valence-corrected chi connectivity index (χ1v) is 7.46. The fourth-order valence-electron chi connectivity index (χ4n) is 2.16. The van der Waals surface area contributed by atoms with Crippen molar-refractivity contribution in [3.05, 3.63) is 48.0 Å². The Morgan fingerprint density at radius 1 is 1.04 bits per heavy atom. The Morgan fingerprint density at radius 2 is 1.71 bits per heavy atom. The molecule has 0 aliphatic heterocycles. The summed E-state index contributed by atoms with van der Waals surface area (Å²) in [4.78, 5) is 13.8. The average molecular weight is 330 g/mol. The maximum absolute atomic E-state index is 12.2. The fraction of sp³-hybridized carbons (Fsp3) is 0.278. The summed E-state index contributed by atoms with van der Waals surface area (Å²) in [5.74, 6) is 1.77. The number of anilines is 1. The molecular formula is C18H22N2O4. The number of likely N-dealkylation sites (N-methyl/N-ethyl adjacent to an activating group) is 1. The number of nitrogens with two attached hydrogens (primary N) is 1.